The van der Waals surface area contributed by atoms with Crippen molar-refractivity contribution in [2.24, 2.45) is 5.10 Å². The molecular weight excluding hydrogens is 556 g/mol. The quantitative estimate of drug-likeness (QED) is 0.335. The molecule has 3 aromatic rings. The standard InChI is InChI=1S/C27H27F4N10O/c1-41(2)24-20(12-37-41)22(34-16-35-24)17-11-36-40(13-17)26(6-7-32)14-39(15-26)18-4-9-38(10-5-18)25(42)19-3-8-33-23(21(19)28)27(29,30)31/h3,8,11-13,16,18H,4-6,9-10,14-15H2,1-2H3/q+1. The summed E-state index contributed by atoms with van der Waals surface area (Å²) in [6.45, 7) is 1.69. The van der Waals surface area contributed by atoms with Gasteiger partial charge in [-0.3, -0.25) is 14.4 Å². The van der Waals surface area contributed by atoms with E-state index in [9.17, 15) is 27.6 Å². The van der Waals surface area contributed by atoms with Gasteiger partial charge in [-0.1, -0.05) is 5.10 Å². The van der Waals surface area contributed by atoms with Crippen molar-refractivity contribution in [3.63, 3.8) is 0 Å². The molecule has 0 aliphatic carbocycles. The van der Waals surface area contributed by atoms with E-state index in [1.807, 2.05) is 25.0 Å². The number of nitriles is 1. The molecule has 0 unspecified atom stereocenters. The maximum atomic E-state index is 14.5. The van der Waals surface area contributed by atoms with Gasteiger partial charge >= 0.3 is 6.18 Å². The molecule has 0 spiro atoms. The number of hydrogen-bond donors (Lipinski definition) is 0. The number of carbonyl (C=O) groups excluding carboxylic acids is 1. The molecule has 0 atom stereocenters. The molecule has 15 heteroatoms. The van der Waals surface area contributed by atoms with Gasteiger partial charge in [0.1, 0.15) is 23.6 Å². The lowest BCUT2D eigenvalue weighted by Gasteiger charge is -2.53. The van der Waals surface area contributed by atoms with Crippen LogP contribution in [-0.2, 0) is 11.7 Å². The smallest absolute Gasteiger partial charge is 0.338 e. The van der Waals surface area contributed by atoms with E-state index in [1.165, 1.54) is 11.2 Å². The molecule has 6 heterocycles. The average Bonchev–Trinajstić information content (AvgIpc) is 3.55. The van der Waals surface area contributed by atoms with Gasteiger partial charge in [-0.25, -0.2) is 14.4 Å². The summed E-state index contributed by atoms with van der Waals surface area (Å²) in [5.74, 6) is -1.65. The number of aromatic nitrogens is 5. The molecular formula is C27H27F4N10O+. The van der Waals surface area contributed by atoms with Crippen molar-refractivity contribution >= 4 is 17.9 Å². The van der Waals surface area contributed by atoms with E-state index >= 15 is 0 Å². The van der Waals surface area contributed by atoms with Gasteiger partial charge in [0.2, 0.25) is 0 Å². The summed E-state index contributed by atoms with van der Waals surface area (Å²) in [4.78, 5) is 28.4. The Balaban J connectivity index is 1.12. The Hall–Kier alpha value is -4.29. The Morgan fingerprint density at radius 2 is 1.93 bits per heavy atom. The molecule has 2 fully saturated rings. The minimum absolute atomic E-state index is 0.102. The first-order valence-electron chi connectivity index (χ1n) is 13.4. The third-order valence-electron chi connectivity index (χ3n) is 8.26. The normalized spacial score (nSPS) is 19.8. The summed E-state index contributed by atoms with van der Waals surface area (Å²) in [5, 5.41) is 18.7. The Bertz CT molecular complexity index is 1610. The van der Waals surface area contributed by atoms with Crippen LogP contribution in [0.3, 0.4) is 0 Å². The van der Waals surface area contributed by atoms with Gasteiger partial charge in [0, 0.05) is 50.2 Å². The highest BCUT2D eigenvalue weighted by Gasteiger charge is 2.48. The Kier molecular flexibility index (Phi) is 6.58. The number of amides is 1. The van der Waals surface area contributed by atoms with Gasteiger partial charge in [0.25, 0.3) is 11.7 Å². The molecule has 1 amide bonds. The van der Waals surface area contributed by atoms with Crippen LogP contribution in [0, 0.1) is 17.1 Å². The van der Waals surface area contributed by atoms with Gasteiger partial charge in [0.15, 0.2) is 11.5 Å². The van der Waals surface area contributed by atoms with Crippen molar-refractivity contribution < 1.29 is 22.4 Å². The van der Waals surface area contributed by atoms with Gasteiger partial charge in [-0.15, -0.1) is 0 Å². The lowest BCUT2D eigenvalue weighted by atomic mass is 9.83. The predicted molar refractivity (Wildman–Crippen MR) is 142 cm³/mol. The summed E-state index contributed by atoms with van der Waals surface area (Å²) in [6.07, 6.45) is 4.07. The molecule has 11 nitrogen and oxygen atoms in total. The van der Waals surface area contributed by atoms with Gasteiger partial charge in [-0.05, 0) is 18.9 Å². The number of hydrogen-bond acceptors (Lipinski definition) is 8. The topological polar surface area (TPSA) is 116 Å². The van der Waals surface area contributed by atoms with Gasteiger partial charge in [0.05, 0.1) is 44.0 Å². The predicted octanol–water partition coefficient (Wildman–Crippen LogP) is 3.04. The second-order valence-corrected chi connectivity index (χ2v) is 11.3. The number of quaternary nitrogens is 1. The van der Waals surface area contributed by atoms with Crippen LogP contribution in [-0.4, -0.2) is 93.0 Å². The maximum absolute atomic E-state index is 14.5. The number of likely N-dealkylation sites (tertiary alicyclic amines) is 2. The monoisotopic (exact) mass is 583 g/mol. The average molecular weight is 584 g/mol. The third kappa shape index (κ3) is 4.60. The van der Waals surface area contributed by atoms with Crippen molar-refractivity contribution in [3.8, 4) is 17.3 Å². The van der Waals surface area contributed by atoms with E-state index in [0.29, 0.717) is 31.6 Å². The Morgan fingerprint density at radius 1 is 1.19 bits per heavy atom. The van der Waals surface area contributed by atoms with E-state index in [1.54, 1.807) is 12.4 Å². The zero-order valence-electron chi connectivity index (χ0n) is 22.9. The van der Waals surface area contributed by atoms with Crippen LogP contribution < -0.4 is 4.59 Å². The highest BCUT2D eigenvalue weighted by Crippen LogP contribution is 2.38. The number of carbonyl (C=O) groups is 1. The first-order valence-corrected chi connectivity index (χ1v) is 13.4. The molecule has 0 aromatic carbocycles. The van der Waals surface area contributed by atoms with Crippen LogP contribution in [0.15, 0.2) is 36.1 Å². The molecule has 3 aliphatic rings. The van der Waals surface area contributed by atoms with Crippen LogP contribution in [0.25, 0.3) is 11.3 Å². The summed E-state index contributed by atoms with van der Waals surface area (Å²) >= 11 is 0. The summed E-state index contributed by atoms with van der Waals surface area (Å²) in [6, 6.07) is 3.36. The highest BCUT2D eigenvalue weighted by molar-refractivity contribution is 5.96. The maximum Gasteiger partial charge on any atom is 0.436 e. The lowest BCUT2D eigenvalue weighted by molar-refractivity contribution is -0.143. The van der Waals surface area contributed by atoms with E-state index < -0.39 is 34.7 Å². The summed E-state index contributed by atoms with van der Waals surface area (Å²) in [7, 11) is 3.85. The fourth-order valence-electron chi connectivity index (χ4n) is 6.00. The molecule has 2 saturated heterocycles. The number of alkyl halides is 3. The van der Waals surface area contributed by atoms with Crippen LogP contribution in [0.2, 0.25) is 0 Å². The van der Waals surface area contributed by atoms with Gasteiger partial charge < -0.3 is 4.90 Å². The van der Waals surface area contributed by atoms with Crippen LogP contribution >= 0.6 is 0 Å². The molecule has 0 N–H and O–H groups in total. The fourth-order valence-corrected chi connectivity index (χ4v) is 6.00. The minimum atomic E-state index is -4.99. The van der Waals surface area contributed by atoms with E-state index in [-0.39, 0.29) is 30.1 Å². The zero-order chi connectivity index (χ0) is 29.9. The third-order valence-corrected chi connectivity index (χ3v) is 8.26. The minimum Gasteiger partial charge on any atom is -0.338 e. The highest BCUT2D eigenvalue weighted by atomic mass is 19.4. The van der Waals surface area contributed by atoms with E-state index in [0.717, 1.165) is 29.2 Å². The molecule has 3 aliphatic heterocycles. The van der Waals surface area contributed by atoms with Crippen molar-refractivity contribution in [1.82, 2.24) is 39.1 Å². The number of halogens is 4. The first-order chi connectivity index (χ1) is 19.9. The van der Waals surface area contributed by atoms with Crippen molar-refractivity contribution in [3.05, 3.63) is 53.6 Å². The largest absolute Gasteiger partial charge is 0.436 e. The lowest BCUT2D eigenvalue weighted by Crippen LogP contribution is -2.66. The number of piperidine rings is 1. The van der Waals surface area contributed by atoms with Crippen LogP contribution in [0.5, 0.6) is 0 Å². The Labute approximate surface area is 238 Å². The van der Waals surface area contributed by atoms with Gasteiger partial charge in [-0.2, -0.15) is 33.1 Å². The van der Waals surface area contributed by atoms with Crippen LogP contribution in [0.4, 0.5) is 23.4 Å². The molecule has 6 rings (SSSR count). The molecule has 0 saturated carbocycles. The van der Waals surface area contributed by atoms with Crippen LogP contribution in [0.1, 0.15) is 40.9 Å². The summed E-state index contributed by atoms with van der Waals surface area (Å²) < 4.78 is 55.7. The second kappa shape index (κ2) is 9.92. The summed E-state index contributed by atoms with van der Waals surface area (Å²) in [5.41, 5.74) is -0.527. The fraction of sp³-hybridized carbons (Fsp3) is 0.444. The number of pyridine rings is 1. The zero-order valence-corrected chi connectivity index (χ0v) is 22.9. The first kappa shape index (κ1) is 27.9. The molecule has 0 bridgehead atoms. The molecule has 0 radical (unpaired) electrons. The molecule has 42 heavy (non-hydrogen) atoms. The Morgan fingerprint density at radius 3 is 2.62 bits per heavy atom. The number of nitrogens with zero attached hydrogens (tertiary/aromatic N) is 10. The molecule has 3 aromatic heterocycles. The van der Waals surface area contributed by atoms with E-state index in [4.69, 9.17) is 0 Å². The van der Waals surface area contributed by atoms with Crippen molar-refractivity contribution in [2.45, 2.75) is 37.0 Å². The van der Waals surface area contributed by atoms with E-state index in [2.05, 4.69) is 36.1 Å². The number of fused-ring (bicyclic) bond motifs is 1. The number of rotatable bonds is 5. The molecule has 218 valence electrons. The van der Waals surface area contributed by atoms with Crippen molar-refractivity contribution in [1.29, 1.82) is 5.26 Å². The van der Waals surface area contributed by atoms with Crippen molar-refractivity contribution in [2.75, 3.05) is 40.3 Å². The SMILES string of the molecule is C[N+]1(C)N=Cc2c(-c3cnn(C4(CC#N)CN(C5CCN(C(=O)c6ccnc(C(F)(F)F)c6F)CC5)C4)c3)ncnc21. The second-order valence-electron chi connectivity index (χ2n) is 11.3.